The maximum atomic E-state index is 13.6. The lowest BCUT2D eigenvalue weighted by molar-refractivity contribution is -0.115. The van der Waals surface area contributed by atoms with Gasteiger partial charge in [0, 0.05) is 26.8 Å². The molecule has 0 radical (unpaired) electrons. The van der Waals surface area contributed by atoms with Crippen LogP contribution in [0.15, 0.2) is 65.1 Å². The molecule has 0 aliphatic carbocycles. The van der Waals surface area contributed by atoms with E-state index in [0.29, 0.717) is 15.2 Å². The molecule has 3 nitrogen and oxygen atoms in total. The van der Waals surface area contributed by atoms with Crippen LogP contribution in [-0.2, 0) is 17.8 Å². The van der Waals surface area contributed by atoms with E-state index >= 15 is 0 Å². The standard InChI is InChI=1S/C21H15BrClF2NO2/c22-17-11-16(26-21(27)9-13-3-1-2-4-18(13)23)7-5-14(17)12-28-20-8-6-15(24)10-19(20)25/h1-8,10-11H,9,12H2,(H,26,27). The topological polar surface area (TPSA) is 38.3 Å². The van der Waals surface area contributed by atoms with E-state index < -0.39 is 11.6 Å². The van der Waals surface area contributed by atoms with E-state index in [0.717, 1.165) is 23.3 Å². The van der Waals surface area contributed by atoms with Gasteiger partial charge in [-0.3, -0.25) is 4.79 Å². The molecule has 3 aromatic carbocycles. The molecular formula is C21H15BrClF2NO2. The fourth-order valence-corrected chi connectivity index (χ4v) is 3.21. The van der Waals surface area contributed by atoms with Gasteiger partial charge in [0.2, 0.25) is 5.91 Å². The lowest BCUT2D eigenvalue weighted by atomic mass is 10.1. The smallest absolute Gasteiger partial charge is 0.228 e. The molecule has 0 aliphatic rings. The third kappa shape index (κ3) is 5.30. The molecule has 0 fully saturated rings. The summed E-state index contributed by atoms with van der Waals surface area (Å²) in [7, 11) is 0. The minimum atomic E-state index is -0.764. The first-order valence-corrected chi connectivity index (χ1v) is 9.49. The lowest BCUT2D eigenvalue weighted by Gasteiger charge is -2.11. The van der Waals surface area contributed by atoms with E-state index in [1.807, 2.05) is 6.07 Å². The minimum Gasteiger partial charge on any atom is -0.486 e. The van der Waals surface area contributed by atoms with Crippen LogP contribution >= 0.6 is 27.5 Å². The van der Waals surface area contributed by atoms with Crippen LogP contribution < -0.4 is 10.1 Å². The molecular weight excluding hydrogens is 452 g/mol. The maximum Gasteiger partial charge on any atom is 0.228 e. The Balaban J connectivity index is 1.62. The van der Waals surface area contributed by atoms with Crippen LogP contribution in [0.5, 0.6) is 5.75 Å². The van der Waals surface area contributed by atoms with Gasteiger partial charge in [0.05, 0.1) is 6.42 Å². The number of halogens is 4. The van der Waals surface area contributed by atoms with Gasteiger partial charge in [0.25, 0.3) is 0 Å². The Bertz CT molecular complexity index is 1010. The molecule has 0 aliphatic heterocycles. The largest absolute Gasteiger partial charge is 0.486 e. The highest BCUT2D eigenvalue weighted by atomic mass is 79.9. The molecule has 1 N–H and O–H groups in total. The molecule has 3 aromatic rings. The van der Waals surface area contributed by atoms with Gasteiger partial charge in [-0.25, -0.2) is 8.78 Å². The number of benzene rings is 3. The third-order valence-corrected chi connectivity index (χ3v) is 5.03. The van der Waals surface area contributed by atoms with Crippen molar-refractivity contribution < 1.29 is 18.3 Å². The predicted molar refractivity (Wildman–Crippen MR) is 109 cm³/mol. The summed E-state index contributed by atoms with van der Waals surface area (Å²) in [5.41, 5.74) is 2.08. The number of hydrogen-bond donors (Lipinski definition) is 1. The summed E-state index contributed by atoms with van der Waals surface area (Å²) in [6, 6.07) is 15.5. The van der Waals surface area contributed by atoms with Crippen molar-refractivity contribution in [2.45, 2.75) is 13.0 Å². The van der Waals surface area contributed by atoms with Crippen molar-refractivity contribution in [3.05, 3.63) is 92.9 Å². The molecule has 0 saturated heterocycles. The summed E-state index contributed by atoms with van der Waals surface area (Å²) >= 11 is 9.49. The quantitative estimate of drug-likeness (QED) is 0.474. The predicted octanol–water partition coefficient (Wildman–Crippen LogP) is 6.14. The first-order chi connectivity index (χ1) is 13.4. The fourth-order valence-electron chi connectivity index (χ4n) is 2.51. The molecule has 0 spiro atoms. The second-order valence-corrected chi connectivity index (χ2v) is 7.25. The minimum absolute atomic E-state index is 0.0366. The summed E-state index contributed by atoms with van der Waals surface area (Å²) in [6.07, 6.45) is 0.159. The van der Waals surface area contributed by atoms with Crippen LogP contribution in [0.2, 0.25) is 5.02 Å². The van der Waals surface area contributed by atoms with Gasteiger partial charge in [0.15, 0.2) is 11.6 Å². The average Bonchev–Trinajstić information content (AvgIpc) is 2.64. The molecule has 0 atom stereocenters. The number of amides is 1. The molecule has 144 valence electrons. The molecule has 0 bridgehead atoms. The number of anilines is 1. The number of carbonyl (C=O) groups is 1. The Hall–Kier alpha value is -2.44. The van der Waals surface area contributed by atoms with Crippen LogP contribution in [-0.4, -0.2) is 5.91 Å². The van der Waals surface area contributed by atoms with Crippen molar-refractivity contribution in [1.82, 2.24) is 0 Å². The Morgan fingerprint density at radius 2 is 1.82 bits per heavy atom. The molecule has 1 amide bonds. The summed E-state index contributed by atoms with van der Waals surface area (Å²) in [5, 5.41) is 3.35. The average molecular weight is 467 g/mol. The normalized spacial score (nSPS) is 10.6. The van der Waals surface area contributed by atoms with E-state index in [2.05, 4.69) is 21.2 Å². The van der Waals surface area contributed by atoms with Gasteiger partial charge in [-0.2, -0.15) is 0 Å². The van der Waals surface area contributed by atoms with Crippen LogP contribution in [0, 0.1) is 11.6 Å². The molecule has 0 saturated carbocycles. The number of hydrogen-bond acceptors (Lipinski definition) is 2. The summed E-state index contributed by atoms with van der Waals surface area (Å²) < 4.78 is 32.7. The second kappa shape index (κ2) is 9.17. The highest BCUT2D eigenvalue weighted by Crippen LogP contribution is 2.25. The zero-order valence-corrected chi connectivity index (χ0v) is 16.9. The molecule has 0 unspecified atom stereocenters. The Labute approximate surface area is 174 Å². The van der Waals surface area contributed by atoms with Crippen molar-refractivity contribution in [1.29, 1.82) is 0 Å². The maximum absolute atomic E-state index is 13.6. The van der Waals surface area contributed by atoms with Gasteiger partial charge in [-0.05, 0) is 35.9 Å². The first-order valence-electron chi connectivity index (χ1n) is 8.32. The van der Waals surface area contributed by atoms with Gasteiger partial charge >= 0.3 is 0 Å². The summed E-state index contributed by atoms with van der Waals surface area (Å²) in [5.74, 6) is -1.66. The summed E-state index contributed by atoms with van der Waals surface area (Å²) in [4.78, 5) is 12.2. The lowest BCUT2D eigenvalue weighted by Crippen LogP contribution is -2.14. The zero-order chi connectivity index (χ0) is 20.1. The first kappa shape index (κ1) is 20.3. The molecule has 28 heavy (non-hydrogen) atoms. The van der Waals surface area contributed by atoms with Gasteiger partial charge in [0.1, 0.15) is 12.4 Å². The SMILES string of the molecule is O=C(Cc1ccccc1Cl)Nc1ccc(COc2ccc(F)cc2F)c(Br)c1. The Morgan fingerprint density at radius 3 is 2.54 bits per heavy atom. The van der Waals surface area contributed by atoms with E-state index in [4.69, 9.17) is 16.3 Å². The van der Waals surface area contributed by atoms with Crippen molar-refractivity contribution >= 4 is 39.1 Å². The van der Waals surface area contributed by atoms with Crippen molar-refractivity contribution in [2.24, 2.45) is 0 Å². The van der Waals surface area contributed by atoms with Crippen molar-refractivity contribution in [2.75, 3.05) is 5.32 Å². The number of nitrogens with one attached hydrogen (secondary N) is 1. The fraction of sp³-hybridized carbons (Fsp3) is 0.0952. The molecule has 3 rings (SSSR count). The van der Waals surface area contributed by atoms with Crippen LogP contribution in [0.1, 0.15) is 11.1 Å². The van der Waals surface area contributed by atoms with Gasteiger partial charge in [-0.15, -0.1) is 0 Å². The molecule has 0 aromatic heterocycles. The highest BCUT2D eigenvalue weighted by Gasteiger charge is 2.10. The van der Waals surface area contributed by atoms with Crippen LogP contribution in [0.4, 0.5) is 14.5 Å². The molecule has 0 heterocycles. The van der Waals surface area contributed by atoms with E-state index in [1.54, 1.807) is 36.4 Å². The van der Waals surface area contributed by atoms with Gasteiger partial charge < -0.3 is 10.1 Å². The number of rotatable bonds is 6. The Kier molecular flexibility index (Phi) is 6.65. The number of ether oxygens (including phenoxy) is 1. The third-order valence-electron chi connectivity index (χ3n) is 3.92. The van der Waals surface area contributed by atoms with E-state index in [-0.39, 0.29) is 24.7 Å². The van der Waals surface area contributed by atoms with Crippen molar-refractivity contribution in [3.8, 4) is 5.75 Å². The van der Waals surface area contributed by atoms with Gasteiger partial charge in [-0.1, -0.05) is 51.8 Å². The zero-order valence-electron chi connectivity index (χ0n) is 14.5. The molecule has 7 heteroatoms. The van der Waals surface area contributed by atoms with E-state index in [1.165, 1.54) is 6.07 Å². The van der Waals surface area contributed by atoms with E-state index in [9.17, 15) is 13.6 Å². The van der Waals surface area contributed by atoms with Crippen LogP contribution in [0.25, 0.3) is 0 Å². The highest BCUT2D eigenvalue weighted by molar-refractivity contribution is 9.10. The Morgan fingerprint density at radius 1 is 1.04 bits per heavy atom. The second-order valence-electron chi connectivity index (χ2n) is 5.99. The van der Waals surface area contributed by atoms with Crippen LogP contribution in [0.3, 0.4) is 0 Å². The summed E-state index contributed by atoms with van der Waals surface area (Å²) in [6.45, 7) is 0.0803. The number of carbonyl (C=O) groups excluding carboxylic acids is 1. The monoisotopic (exact) mass is 465 g/mol. The van der Waals surface area contributed by atoms with Crippen molar-refractivity contribution in [3.63, 3.8) is 0 Å².